The molecule has 1 saturated heterocycles. The van der Waals surface area contributed by atoms with E-state index in [1.165, 1.54) is 10.6 Å². The zero-order valence-electron chi connectivity index (χ0n) is 16.1. The lowest BCUT2D eigenvalue weighted by molar-refractivity contribution is -0.125. The number of likely N-dealkylation sites (tertiary alicyclic amines) is 1. The van der Waals surface area contributed by atoms with Crippen LogP contribution in [0.1, 0.15) is 31.2 Å². The lowest BCUT2D eigenvalue weighted by atomic mass is 10.1. The lowest BCUT2D eigenvalue weighted by Crippen LogP contribution is -2.36. The van der Waals surface area contributed by atoms with Crippen molar-refractivity contribution in [3.05, 3.63) is 64.6 Å². The summed E-state index contributed by atoms with van der Waals surface area (Å²) in [6.07, 6.45) is 7.81. The molecule has 0 atom stereocenters. The molecule has 3 rings (SSSR count). The summed E-state index contributed by atoms with van der Waals surface area (Å²) < 4.78 is 1.45. The topological polar surface area (TPSA) is 45.6 Å². The maximum absolute atomic E-state index is 13.3. The summed E-state index contributed by atoms with van der Waals surface area (Å²) in [6, 6.07) is 12.9. The average Bonchev–Trinajstić information content (AvgIpc) is 2.96. The van der Waals surface area contributed by atoms with E-state index in [2.05, 4.69) is 0 Å². The molecule has 0 radical (unpaired) electrons. The van der Waals surface area contributed by atoms with Crippen LogP contribution < -0.4 is 10.5 Å². The van der Waals surface area contributed by atoms with E-state index in [-0.39, 0.29) is 11.5 Å². The van der Waals surface area contributed by atoms with Crippen molar-refractivity contribution >= 4 is 23.4 Å². The Balaban J connectivity index is 2.00. The smallest absolute Gasteiger partial charge is 0.270 e. The number of amides is 1. The van der Waals surface area contributed by atoms with Crippen LogP contribution in [0.2, 0.25) is 0 Å². The van der Waals surface area contributed by atoms with Crippen molar-refractivity contribution in [2.75, 3.05) is 32.1 Å². The molecule has 0 bridgehead atoms. The van der Waals surface area contributed by atoms with E-state index < -0.39 is 0 Å². The minimum absolute atomic E-state index is 0.0816. The van der Waals surface area contributed by atoms with Gasteiger partial charge in [0.2, 0.25) is 0 Å². The number of aromatic nitrogens is 1. The van der Waals surface area contributed by atoms with Gasteiger partial charge in [-0.05, 0) is 42.7 Å². The predicted octanol–water partition coefficient (Wildman–Crippen LogP) is 3.32. The molecule has 0 N–H and O–H groups in total. The Kier molecular flexibility index (Phi) is 6.12. The van der Waals surface area contributed by atoms with Crippen molar-refractivity contribution in [2.24, 2.45) is 0 Å². The van der Waals surface area contributed by atoms with Crippen LogP contribution in [0.25, 0.3) is 11.8 Å². The van der Waals surface area contributed by atoms with Gasteiger partial charge in [0, 0.05) is 45.1 Å². The van der Waals surface area contributed by atoms with Crippen LogP contribution in [-0.2, 0) is 4.79 Å². The maximum Gasteiger partial charge on any atom is 0.270 e. The Hall–Kier alpha value is -2.82. The maximum atomic E-state index is 13.3. The number of nitrogens with zero attached hydrogens (tertiary/aromatic N) is 3. The predicted molar refractivity (Wildman–Crippen MR) is 111 cm³/mol. The van der Waals surface area contributed by atoms with Crippen molar-refractivity contribution in [3.8, 4) is 0 Å². The molecule has 142 valence electrons. The van der Waals surface area contributed by atoms with Crippen LogP contribution in [-0.4, -0.2) is 42.6 Å². The van der Waals surface area contributed by atoms with Crippen LogP contribution in [0, 0.1) is 0 Å². The standard InChI is InChI=1S/C22H27N3O2/c1-23(2)19-12-10-18(11-13-19)17-20(25-16-8-5-9-21(25)26)22(27)24-14-6-3-4-7-15-24/h5,8-13,16-17H,3-4,6-7,14-15H2,1-2H3/b20-17+. The van der Waals surface area contributed by atoms with E-state index in [0.717, 1.165) is 50.0 Å². The molecule has 2 aromatic rings. The Labute approximate surface area is 160 Å². The highest BCUT2D eigenvalue weighted by Crippen LogP contribution is 2.19. The first-order valence-electron chi connectivity index (χ1n) is 9.53. The van der Waals surface area contributed by atoms with Crippen LogP contribution in [0.15, 0.2) is 53.5 Å². The number of carbonyl (C=O) groups is 1. The number of rotatable bonds is 4. The summed E-state index contributed by atoms with van der Waals surface area (Å²) in [5.74, 6) is -0.0816. The van der Waals surface area contributed by atoms with Crippen molar-refractivity contribution in [2.45, 2.75) is 25.7 Å². The molecular formula is C22H27N3O2. The van der Waals surface area contributed by atoms with Gasteiger partial charge in [-0.15, -0.1) is 0 Å². The van der Waals surface area contributed by atoms with Gasteiger partial charge >= 0.3 is 0 Å². The van der Waals surface area contributed by atoms with E-state index in [1.807, 2.05) is 54.2 Å². The quantitative estimate of drug-likeness (QED) is 0.781. The molecule has 5 heteroatoms. The van der Waals surface area contributed by atoms with Gasteiger partial charge in [0.05, 0.1) is 0 Å². The van der Waals surface area contributed by atoms with Gasteiger partial charge in [-0.3, -0.25) is 14.2 Å². The minimum atomic E-state index is -0.197. The van der Waals surface area contributed by atoms with Crippen molar-refractivity contribution < 1.29 is 4.79 Å². The van der Waals surface area contributed by atoms with Crippen molar-refractivity contribution in [3.63, 3.8) is 0 Å². The van der Waals surface area contributed by atoms with Crippen LogP contribution in [0.3, 0.4) is 0 Å². The first-order chi connectivity index (χ1) is 13.1. The monoisotopic (exact) mass is 365 g/mol. The van der Waals surface area contributed by atoms with Crippen LogP contribution in [0.5, 0.6) is 0 Å². The van der Waals surface area contributed by atoms with Crippen LogP contribution in [0.4, 0.5) is 5.69 Å². The van der Waals surface area contributed by atoms with Gasteiger partial charge in [-0.2, -0.15) is 0 Å². The molecule has 27 heavy (non-hydrogen) atoms. The van der Waals surface area contributed by atoms with Gasteiger partial charge in [0.25, 0.3) is 11.5 Å². The third-order valence-electron chi connectivity index (χ3n) is 4.91. The van der Waals surface area contributed by atoms with E-state index in [4.69, 9.17) is 0 Å². The molecule has 1 fully saturated rings. The normalized spacial score (nSPS) is 15.3. The van der Waals surface area contributed by atoms with Gasteiger partial charge in [-0.25, -0.2) is 0 Å². The van der Waals surface area contributed by atoms with Crippen LogP contribution >= 0.6 is 0 Å². The van der Waals surface area contributed by atoms with Crippen molar-refractivity contribution in [1.82, 2.24) is 9.47 Å². The Bertz CT molecular complexity index is 858. The van der Waals surface area contributed by atoms with Gasteiger partial charge in [0.15, 0.2) is 0 Å². The Morgan fingerprint density at radius 1 is 0.963 bits per heavy atom. The molecule has 0 unspecified atom stereocenters. The number of carbonyl (C=O) groups excluding carboxylic acids is 1. The van der Waals surface area contributed by atoms with E-state index >= 15 is 0 Å². The highest BCUT2D eigenvalue weighted by Gasteiger charge is 2.21. The molecule has 0 spiro atoms. The molecule has 1 aromatic heterocycles. The summed E-state index contributed by atoms with van der Waals surface area (Å²) in [7, 11) is 3.98. The second-order valence-corrected chi connectivity index (χ2v) is 7.13. The molecular weight excluding hydrogens is 338 g/mol. The highest BCUT2D eigenvalue weighted by atomic mass is 16.2. The SMILES string of the molecule is CN(C)c1ccc(/C=C(\C(=O)N2CCCCCC2)n2ccccc2=O)cc1. The van der Waals surface area contributed by atoms with E-state index in [0.29, 0.717) is 5.70 Å². The highest BCUT2D eigenvalue weighted by molar-refractivity contribution is 6.18. The molecule has 0 saturated carbocycles. The van der Waals surface area contributed by atoms with E-state index in [1.54, 1.807) is 18.3 Å². The third-order valence-corrected chi connectivity index (χ3v) is 4.91. The number of anilines is 1. The lowest BCUT2D eigenvalue weighted by Gasteiger charge is -2.22. The number of benzene rings is 1. The Morgan fingerprint density at radius 3 is 2.22 bits per heavy atom. The first-order valence-corrected chi connectivity index (χ1v) is 9.53. The summed E-state index contributed by atoms with van der Waals surface area (Å²) in [6.45, 7) is 1.49. The number of hydrogen-bond donors (Lipinski definition) is 0. The van der Waals surface area contributed by atoms with Crippen molar-refractivity contribution in [1.29, 1.82) is 0 Å². The second kappa shape index (κ2) is 8.71. The summed E-state index contributed by atoms with van der Waals surface area (Å²) in [5.41, 5.74) is 2.19. The zero-order valence-corrected chi connectivity index (χ0v) is 16.1. The number of pyridine rings is 1. The minimum Gasteiger partial charge on any atom is -0.378 e. The molecule has 1 amide bonds. The molecule has 1 aliphatic heterocycles. The molecule has 5 nitrogen and oxygen atoms in total. The zero-order chi connectivity index (χ0) is 19.2. The second-order valence-electron chi connectivity index (χ2n) is 7.13. The summed E-state index contributed by atoms with van der Waals surface area (Å²) >= 11 is 0. The molecule has 2 heterocycles. The number of hydrogen-bond acceptors (Lipinski definition) is 3. The van der Waals surface area contributed by atoms with E-state index in [9.17, 15) is 9.59 Å². The largest absolute Gasteiger partial charge is 0.378 e. The third kappa shape index (κ3) is 4.67. The molecule has 0 aliphatic carbocycles. The Morgan fingerprint density at radius 2 is 1.63 bits per heavy atom. The fourth-order valence-corrected chi connectivity index (χ4v) is 3.32. The summed E-state index contributed by atoms with van der Waals surface area (Å²) in [5, 5.41) is 0. The molecule has 1 aromatic carbocycles. The van der Waals surface area contributed by atoms with Gasteiger partial charge in [0.1, 0.15) is 5.70 Å². The average molecular weight is 365 g/mol. The molecule has 1 aliphatic rings. The van der Waals surface area contributed by atoms with Gasteiger partial charge < -0.3 is 9.80 Å². The van der Waals surface area contributed by atoms with Gasteiger partial charge in [-0.1, -0.05) is 31.0 Å². The fraction of sp³-hybridized carbons (Fsp3) is 0.364. The summed E-state index contributed by atoms with van der Waals surface area (Å²) in [4.78, 5) is 29.6. The first kappa shape index (κ1) is 19.0. The fourth-order valence-electron chi connectivity index (χ4n) is 3.32.